The van der Waals surface area contributed by atoms with Crippen LogP contribution in [0.25, 0.3) is 0 Å². The predicted molar refractivity (Wildman–Crippen MR) is 106 cm³/mol. The first-order valence-corrected chi connectivity index (χ1v) is 8.93. The quantitative estimate of drug-likeness (QED) is 0.583. The van der Waals surface area contributed by atoms with E-state index in [2.05, 4.69) is 21.2 Å². The summed E-state index contributed by atoms with van der Waals surface area (Å²) in [4.78, 5) is 23.6. The summed E-state index contributed by atoms with van der Waals surface area (Å²) < 4.78 is 6.68. The lowest BCUT2D eigenvalue weighted by Crippen LogP contribution is -2.14. The number of carboxylic acids is 1. The fourth-order valence-corrected chi connectivity index (χ4v) is 2.69. The van der Waals surface area contributed by atoms with Crippen LogP contribution in [0.3, 0.4) is 0 Å². The van der Waals surface area contributed by atoms with Crippen LogP contribution in [0.1, 0.15) is 26.3 Å². The van der Waals surface area contributed by atoms with Gasteiger partial charge >= 0.3 is 5.97 Å². The Morgan fingerprint density at radius 1 is 0.926 bits per heavy atom. The van der Waals surface area contributed by atoms with Crippen molar-refractivity contribution in [3.8, 4) is 5.75 Å². The van der Waals surface area contributed by atoms with E-state index >= 15 is 0 Å². The minimum absolute atomic E-state index is 0.0466. The number of nitrogens with one attached hydrogen (secondary N) is 1. The Hall–Kier alpha value is -3.12. The number of rotatable bonds is 6. The second-order valence-electron chi connectivity index (χ2n) is 5.74. The first kappa shape index (κ1) is 18.7. The van der Waals surface area contributed by atoms with Crippen LogP contribution in [-0.4, -0.2) is 17.0 Å². The lowest BCUT2D eigenvalue weighted by atomic mass is 10.1. The zero-order valence-electron chi connectivity index (χ0n) is 14.2. The average molecular weight is 426 g/mol. The molecule has 0 bridgehead atoms. The van der Waals surface area contributed by atoms with Gasteiger partial charge in [-0.25, -0.2) is 4.79 Å². The van der Waals surface area contributed by atoms with Crippen LogP contribution >= 0.6 is 15.9 Å². The molecule has 5 nitrogen and oxygen atoms in total. The first-order chi connectivity index (χ1) is 13.0. The molecule has 0 atom stereocenters. The average Bonchev–Trinajstić information content (AvgIpc) is 2.68. The van der Waals surface area contributed by atoms with Gasteiger partial charge in [0, 0.05) is 10.0 Å². The summed E-state index contributed by atoms with van der Waals surface area (Å²) in [7, 11) is 0. The second-order valence-corrected chi connectivity index (χ2v) is 6.66. The van der Waals surface area contributed by atoms with E-state index in [1.807, 2.05) is 24.3 Å². The molecule has 0 unspecified atom stereocenters. The minimum atomic E-state index is -1.09. The summed E-state index contributed by atoms with van der Waals surface area (Å²) in [5.74, 6) is -0.708. The van der Waals surface area contributed by atoms with Gasteiger partial charge in [0.1, 0.15) is 12.4 Å². The molecule has 0 heterocycles. The Kier molecular flexibility index (Phi) is 5.88. The summed E-state index contributed by atoms with van der Waals surface area (Å²) >= 11 is 3.37. The third-order valence-corrected chi connectivity index (χ3v) is 4.37. The Balaban J connectivity index is 1.64. The number of carbonyl (C=O) groups excluding carboxylic acids is 1. The van der Waals surface area contributed by atoms with Crippen LogP contribution < -0.4 is 10.1 Å². The molecule has 0 aromatic heterocycles. The lowest BCUT2D eigenvalue weighted by Gasteiger charge is -2.09. The van der Waals surface area contributed by atoms with Crippen molar-refractivity contribution in [2.45, 2.75) is 6.61 Å². The second kappa shape index (κ2) is 8.51. The standard InChI is InChI=1S/C21H16BrNO4/c22-16-9-11-17(12-10-16)27-13-14-5-7-15(8-6-14)20(24)23-19-4-2-1-3-18(19)21(25)26/h1-12H,13H2,(H,23,24)(H,25,26). The molecule has 136 valence electrons. The van der Waals surface area contributed by atoms with E-state index in [0.29, 0.717) is 12.2 Å². The highest BCUT2D eigenvalue weighted by molar-refractivity contribution is 9.10. The van der Waals surface area contributed by atoms with Crippen LogP contribution in [-0.2, 0) is 6.61 Å². The molecule has 6 heteroatoms. The topological polar surface area (TPSA) is 75.6 Å². The predicted octanol–water partition coefficient (Wildman–Crippen LogP) is 4.98. The molecule has 0 spiro atoms. The van der Waals surface area contributed by atoms with Crippen LogP contribution in [0.2, 0.25) is 0 Å². The number of benzene rings is 3. The monoisotopic (exact) mass is 425 g/mol. The largest absolute Gasteiger partial charge is 0.489 e. The smallest absolute Gasteiger partial charge is 0.337 e. The minimum Gasteiger partial charge on any atom is -0.489 e. The van der Waals surface area contributed by atoms with Crippen LogP contribution in [0.4, 0.5) is 5.69 Å². The third-order valence-electron chi connectivity index (χ3n) is 3.84. The number of anilines is 1. The van der Waals surface area contributed by atoms with Gasteiger partial charge in [-0.2, -0.15) is 0 Å². The van der Waals surface area contributed by atoms with E-state index in [1.54, 1.807) is 42.5 Å². The number of halogens is 1. The van der Waals surface area contributed by atoms with E-state index in [1.165, 1.54) is 6.07 Å². The summed E-state index contributed by atoms with van der Waals surface area (Å²) in [6.45, 7) is 0.380. The Morgan fingerprint density at radius 3 is 2.26 bits per heavy atom. The maximum atomic E-state index is 12.4. The van der Waals surface area contributed by atoms with Crippen molar-refractivity contribution >= 4 is 33.5 Å². The molecule has 0 saturated heterocycles. The van der Waals surface area contributed by atoms with Gasteiger partial charge in [-0.15, -0.1) is 0 Å². The van der Waals surface area contributed by atoms with Crippen molar-refractivity contribution in [1.82, 2.24) is 0 Å². The molecule has 3 aromatic rings. The van der Waals surface area contributed by atoms with Gasteiger partial charge in [0.25, 0.3) is 5.91 Å². The van der Waals surface area contributed by atoms with Gasteiger partial charge in [-0.3, -0.25) is 4.79 Å². The van der Waals surface area contributed by atoms with E-state index in [-0.39, 0.29) is 17.2 Å². The third kappa shape index (κ3) is 4.95. The van der Waals surface area contributed by atoms with Crippen molar-refractivity contribution < 1.29 is 19.4 Å². The van der Waals surface area contributed by atoms with E-state index in [9.17, 15) is 14.7 Å². The SMILES string of the molecule is O=C(Nc1ccccc1C(=O)O)c1ccc(COc2ccc(Br)cc2)cc1. The number of ether oxygens (including phenoxy) is 1. The van der Waals surface area contributed by atoms with Crippen LogP contribution in [0, 0.1) is 0 Å². The molecule has 3 rings (SSSR count). The zero-order valence-corrected chi connectivity index (χ0v) is 15.8. The molecule has 0 saturated carbocycles. The number of carbonyl (C=O) groups is 2. The highest BCUT2D eigenvalue weighted by Crippen LogP contribution is 2.19. The molecule has 2 N–H and O–H groups in total. The highest BCUT2D eigenvalue weighted by Gasteiger charge is 2.13. The van der Waals surface area contributed by atoms with Crippen LogP contribution in [0.15, 0.2) is 77.3 Å². The molecule has 3 aromatic carbocycles. The molecular weight excluding hydrogens is 410 g/mol. The number of aromatic carboxylic acids is 1. The molecule has 0 aliphatic heterocycles. The Labute approximate surface area is 164 Å². The summed E-state index contributed by atoms with van der Waals surface area (Å²) in [6.07, 6.45) is 0. The number of hydrogen-bond donors (Lipinski definition) is 2. The maximum absolute atomic E-state index is 12.4. The van der Waals surface area contributed by atoms with Crippen molar-refractivity contribution in [1.29, 1.82) is 0 Å². The van der Waals surface area contributed by atoms with Gasteiger partial charge in [-0.1, -0.05) is 40.2 Å². The van der Waals surface area contributed by atoms with Crippen molar-refractivity contribution in [3.63, 3.8) is 0 Å². The molecule has 0 aliphatic rings. The fraction of sp³-hybridized carbons (Fsp3) is 0.0476. The van der Waals surface area contributed by atoms with Gasteiger partial charge in [0.15, 0.2) is 0 Å². The molecular formula is C21H16BrNO4. The van der Waals surface area contributed by atoms with Gasteiger partial charge < -0.3 is 15.2 Å². The van der Waals surface area contributed by atoms with Crippen molar-refractivity contribution in [2.75, 3.05) is 5.32 Å². The van der Waals surface area contributed by atoms with Crippen molar-refractivity contribution in [3.05, 3.63) is 94.0 Å². The number of hydrogen-bond acceptors (Lipinski definition) is 3. The number of para-hydroxylation sites is 1. The Morgan fingerprint density at radius 2 is 1.59 bits per heavy atom. The van der Waals surface area contributed by atoms with Gasteiger partial charge in [0.05, 0.1) is 11.3 Å². The first-order valence-electron chi connectivity index (χ1n) is 8.14. The van der Waals surface area contributed by atoms with E-state index < -0.39 is 5.97 Å². The number of carboxylic acid groups (broad SMARTS) is 1. The molecule has 0 radical (unpaired) electrons. The van der Waals surface area contributed by atoms with Crippen molar-refractivity contribution in [2.24, 2.45) is 0 Å². The van der Waals surface area contributed by atoms with Gasteiger partial charge in [-0.05, 0) is 54.1 Å². The highest BCUT2D eigenvalue weighted by atomic mass is 79.9. The van der Waals surface area contributed by atoms with E-state index in [4.69, 9.17) is 4.74 Å². The summed E-state index contributed by atoms with van der Waals surface area (Å²) in [6, 6.07) is 20.8. The number of amides is 1. The molecule has 0 fully saturated rings. The molecule has 27 heavy (non-hydrogen) atoms. The summed E-state index contributed by atoms with van der Waals surface area (Å²) in [5.41, 5.74) is 1.66. The fourth-order valence-electron chi connectivity index (χ4n) is 2.42. The van der Waals surface area contributed by atoms with Gasteiger partial charge in [0.2, 0.25) is 0 Å². The van der Waals surface area contributed by atoms with E-state index in [0.717, 1.165) is 15.8 Å². The molecule has 0 aliphatic carbocycles. The molecule has 1 amide bonds. The Bertz CT molecular complexity index is 953. The maximum Gasteiger partial charge on any atom is 0.337 e. The summed E-state index contributed by atoms with van der Waals surface area (Å²) in [5, 5.41) is 11.8. The normalized spacial score (nSPS) is 10.3. The zero-order chi connectivity index (χ0) is 19.2. The lowest BCUT2D eigenvalue weighted by molar-refractivity contribution is 0.0698. The van der Waals surface area contributed by atoms with Crippen LogP contribution in [0.5, 0.6) is 5.75 Å².